The molecule has 3 rings (SSSR count). The van der Waals surface area contributed by atoms with Gasteiger partial charge in [0, 0.05) is 36.1 Å². The van der Waals surface area contributed by atoms with Crippen molar-refractivity contribution in [1.29, 1.82) is 0 Å². The van der Waals surface area contributed by atoms with Gasteiger partial charge < -0.3 is 10.1 Å². The van der Waals surface area contributed by atoms with Crippen LogP contribution in [0.15, 0.2) is 36.4 Å². The number of hydrogen-bond acceptors (Lipinski definition) is 2. The fourth-order valence-electron chi connectivity index (χ4n) is 3.57. The first-order valence-electron chi connectivity index (χ1n) is 8.46. The molecular formula is C19H24ClNO2. The summed E-state index contributed by atoms with van der Waals surface area (Å²) in [6, 6.07) is 8.04. The van der Waals surface area contributed by atoms with E-state index >= 15 is 0 Å². The maximum atomic E-state index is 12.5. The van der Waals surface area contributed by atoms with Crippen LogP contribution in [0.5, 0.6) is 0 Å². The summed E-state index contributed by atoms with van der Waals surface area (Å²) in [4.78, 5) is 12.5. The van der Waals surface area contributed by atoms with Gasteiger partial charge in [-0.15, -0.1) is 0 Å². The summed E-state index contributed by atoms with van der Waals surface area (Å²) in [5.41, 5.74) is 1.21. The van der Waals surface area contributed by atoms with Crippen LogP contribution in [0.2, 0.25) is 5.02 Å². The lowest BCUT2D eigenvalue weighted by Crippen LogP contribution is -2.46. The van der Waals surface area contributed by atoms with Crippen LogP contribution >= 0.6 is 11.6 Å². The fourth-order valence-corrected chi connectivity index (χ4v) is 3.69. The molecule has 1 aromatic carbocycles. The Hall–Kier alpha value is -1.32. The zero-order valence-electron chi connectivity index (χ0n) is 13.4. The van der Waals surface area contributed by atoms with E-state index in [2.05, 4.69) is 29.6 Å². The highest BCUT2D eigenvalue weighted by atomic mass is 35.5. The van der Waals surface area contributed by atoms with Gasteiger partial charge in [-0.1, -0.05) is 35.9 Å². The molecule has 23 heavy (non-hydrogen) atoms. The minimum atomic E-state index is -0.0387. The van der Waals surface area contributed by atoms with E-state index in [0.717, 1.165) is 50.3 Å². The Morgan fingerprint density at radius 1 is 1.22 bits per heavy atom. The topological polar surface area (TPSA) is 38.3 Å². The normalized spacial score (nSPS) is 23.4. The third-order valence-electron chi connectivity index (χ3n) is 5.15. The summed E-state index contributed by atoms with van der Waals surface area (Å²) < 4.78 is 5.55. The minimum Gasteiger partial charge on any atom is -0.381 e. The molecule has 3 nitrogen and oxygen atoms in total. The molecule has 124 valence electrons. The van der Waals surface area contributed by atoms with Crippen LogP contribution in [0.25, 0.3) is 0 Å². The Morgan fingerprint density at radius 3 is 2.61 bits per heavy atom. The van der Waals surface area contributed by atoms with E-state index in [0.29, 0.717) is 6.54 Å². The minimum absolute atomic E-state index is 0.0387. The molecule has 1 aliphatic heterocycles. The van der Waals surface area contributed by atoms with Gasteiger partial charge in [0.15, 0.2) is 0 Å². The predicted molar refractivity (Wildman–Crippen MR) is 92.7 cm³/mol. The van der Waals surface area contributed by atoms with Gasteiger partial charge >= 0.3 is 0 Å². The van der Waals surface area contributed by atoms with E-state index in [1.54, 1.807) is 0 Å². The molecule has 2 aliphatic rings. The molecule has 1 amide bonds. The number of hydrogen-bond donors (Lipinski definition) is 1. The van der Waals surface area contributed by atoms with Crippen LogP contribution in [-0.4, -0.2) is 25.7 Å². The lowest BCUT2D eigenvalue weighted by atomic mass is 9.74. The van der Waals surface area contributed by atoms with Crippen molar-refractivity contribution in [3.63, 3.8) is 0 Å². The first-order chi connectivity index (χ1) is 11.2. The van der Waals surface area contributed by atoms with Crippen molar-refractivity contribution in [2.75, 3.05) is 19.8 Å². The molecule has 0 spiro atoms. The molecule has 0 saturated carbocycles. The summed E-state index contributed by atoms with van der Waals surface area (Å²) in [5.74, 6) is 0.316. The first kappa shape index (κ1) is 16.5. The van der Waals surface area contributed by atoms with Gasteiger partial charge in [0.2, 0.25) is 5.91 Å². The van der Waals surface area contributed by atoms with Crippen LogP contribution in [0, 0.1) is 5.92 Å². The molecule has 1 heterocycles. The number of carbonyl (C=O) groups is 1. The number of amides is 1. The predicted octanol–water partition coefficient (Wildman–Crippen LogP) is 3.86. The lowest BCUT2D eigenvalue weighted by Gasteiger charge is -2.38. The number of benzene rings is 1. The Kier molecular flexibility index (Phi) is 5.39. The number of halogens is 1. The lowest BCUT2D eigenvalue weighted by molar-refractivity contribution is -0.125. The molecule has 4 heteroatoms. The van der Waals surface area contributed by atoms with Gasteiger partial charge in [-0.25, -0.2) is 0 Å². The van der Waals surface area contributed by atoms with Crippen molar-refractivity contribution < 1.29 is 9.53 Å². The van der Waals surface area contributed by atoms with Gasteiger partial charge in [-0.3, -0.25) is 4.79 Å². The van der Waals surface area contributed by atoms with Gasteiger partial charge in [0.05, 0.1) is 0 Å². The highest BCUT2D eigenvalue weighted by molar-refractivity contribution is 6.30. The zero-order chi connectivity index (χ0) is 16.1. The number of allylic oxidation sites excluding steroid dienone is 2. The van der Waals surface area contributed by atoms with E-state index in [9.17, 15) is 4.79 Å². The number of carbonyl (C=O) groups excluding carboxylic acids is 1. The Morgan fingerprint density at radius 2 is 1.96 bits per heavy atom. The highest BCUT2D eigenvalue weighted by Gasteiger charge is 2.35. The second-order valence-electron chi connectivity index (χ2n) is 6.60. The fraction of sp³-hybridized carbons (Fsp3) is 0.526. The van der Waals surface area contributed by atoms with E-state index < -0.39 is 0 Å². The molecule has 0 radical (unpaired) electrons. The molecule has 1 N–H and O–H groups in total. The summed E-state index contributed by atoms with van der Waals surface area (Å²) >= 11 is 6.02. The third-order valence-corrected chi connectivity index (χ3v) is 5.40. The summed E-state index contributed by atoms with van der Waals surface area (Å²) in [6.07, 6.45) is 8.98. The van der Waals surface area contributed by atoms with E-state index in [4.69, 9.17) is 16.3 Å². The summed E-state index contributed by atoms with van der Waals surface area (Å²) in [7, 11) is 0. The number of ether oxygens (including phenoxy) is 1. The molecule has 1 atom stereocenters. The van der Waals surface area contributed by atoms with Crippen molar-refractivity contribution in [3.8, 4) is 0 Å². The monoisotopic (exact) mass is 333 g/mol. The second-order valence-corrected chi connectivity index (χ2v) is 7.04. The van der Waals surface area contributed by atoms with Crippen molar-refractivity contribution in [2.45, 2.75) is 37.5 Å². The highest BCUT2D eigenvalue weighted by Crippen LogP contribution is 2.35. The molecule has 1 aromatic rings. The molecule has 1 aliphatic carbocycles. The van der Waals surface area contributed by atoms with Crippen molar-refractivity contribution in [1.82, 2.24) is 5.32 Å². The maximum Gasteiger partial charge on any atom is 0.223 e. The van der Waals surface area contributed by atoms with Crippen molar-refractivity contribution in [3.05, 3.63) is 47.0 Å². The Labute approximate surface area is 143 Å². The van der Waals surface area contributed by atoms with Crippen LogP contribution in [0.1, 0.15) is 37.7 Å². The number of nitrogens with one attached hydrogen (secondary N) is 1. The molecule has 1 saturated heterocycles. The SMILES string of the molecule is O=C(NCC1(c2ccc(Cl)cc2)CCOCC1)C1CC=CCC1. The van der Waals surface area contributed by atoms with Gasteiger partial charge in [0.25, 0.3) is 0 Å². The Bertz CT molecular complexity index is 561. The number of rotatable bonds is 4. The molecule has 1 fully saturated rings. The molecular weight excluding hydrogens is 310 g/mol. The van der Waals surface area contributed by atoms with Crippen LogP contribution in [0.4, 0.5) is 0 Å². The van der Waals surface area contributed by atoms with Gasteiger partial charge in [0.1, 0.15) is 0 Å². The van der Waals surface area contributed by atoms with E-state index in [1.807, 2.05) is 12.1 Å². The quantitative estimate of drug-likeness (QED) is 0.850. The smallest absolute Gasteiger partial charge is 0.223 e. The van der Waals surface area contributed by atoms with Crippen LogP contribution in [0.3, 0.4) is 0 Å². The van der Waals surface area contributed by atoms with Gasteiger partial charge in [-0.05, 0) is 49.8 Å². The standard InChI is InChI=1S/C19H24ClNO2/c20-17-8-6-16(7-9-17)19(10-12-23-13-11-19)14-21-18(22)15-4-2-1-3-5-15/h1-2,6-9,15H,3-5,10-14H2,(H,21,22). The van der Waals surface area contributed by atoms with Gasteiger partial charge in [-0.2, -0.15) is 0 Å². The second kappa shape index (κ2) is 7.50. The van der Waals surface area contributed by atoms with E-state index in [-0.39, 0.29) is 17.2 Å². The maximum absolute atomic E-state index is 12.5. The summed E-state index contributed by atoms with van der Waals surface area (Å²) in [5, 5.41) is 3.96. The average Bonchev–Trinajstić information content (AvgIpc) is 2.62. The van der Waals surface area contributed by atoms with Crippen molar-refractivity contribution >= 4 is 17.5 Å². The summed E-state index contributed by atoms with van der Waals surface area (Å²) in [6.45, 7) is 2.16. The largest absolute Gasteiger partial charge is 0.381 e. The zero-order valence-corrected chi connectivity index (χ0v) is 14.1. The van der Waals surface area contributed by atoms with Crippen molar-refractivity contribution in [2.24, 2.45) is 5.92 Å². The third kappa shape index (κ3) is 3.96. The average molecular weight is 334 g/mol. The first-order valence-corrected chi connectivity index (χ1v) is 8.84. The Balaban J connectivity index is 1.70. The van der Waals surface area contributed by atoms with Crippen LogP contribution in [-0.2, 0) is 14.9 Å². The van der Waals surface area contributed by atoms with Crippen LogP contribution < -0.4 is 5.32 Å². The molecule has 1 unspecified atom stereocenters. The van der Waals surface area contributed by atoms with E-state index in [1.165, 1.54) is 5.56 Å². The molecule has 0 bridgehead atoms. The molecule has 0 aromatic heterocycles.